The van der Waals surface area contributed by atoms with Gasteiger partial charge in [0, 0.05) is 39.0 Å². The first kappa shape index (κ1) is 34.9. The minimum atomic E-state index is -4.50. The van der Waals surface area contributed by atoms with Crippen LogP contribution < -0.4 is 28.0 Å². The van der Waals surface area contributed by atoms with Gasteiger partial charge in [-0.25, -0.2) is 4.39 Å². The van der Waals surface area contributed by atoms with E-state index >= 15 is 0 Å². The average molecular weight is 595 g/mol. The van der Waals surface area contributed by atoms with Crippen LogP contribution in [-0.4, -0.2) is 72.7 Å². The number of ketones is 1. The van der Waals surface area contributed by atoms with Crippen LogP contribution in [0.1, 0.15) is 36.0 Å². The number of halogens is 4. The first-order valence-corrected chi connectivity index (χ1v) is 13.7. The third-order valence-electron chi connectivity index (χ3n) is 6.79. The van der Waals surface area contributed by atoms with Gasteiger partial charge in [-0.15, -0.1) is 0 Å². The lowest BCUT2D eigenvalue weighted by atomic mass is 9.64. The van der Waals surface area contributed by atoms with Crippen molar-refractivity contribution in [3.05, 3.63) is 65.0 Å². The molecule has 42 heavy (non-hydrogen) atoms. The standard InChI is InChI=1S/C28H38BF4N5O4/c1-29(42)21-8-5-19(22(30)17-21)16-25(39)24(10-4-18-2-6-20(7-3-18)28(31,32)33)37-27(41)23(36)9-11-26(40)38(14-12-34)15-13-35/h2-3,5-8,17,23-24,42H,4,9-16,34-36H2,1H3,(H,37,41)/t23-,24+/m0/s1. The van der Waals surface area contributed by atoms with E-state index in [1.807, 2.05) is 0 Å². The molecule has 9 nitrogen and oxygen atoms in total. The van der Waals surface area contributed by atoms with Gasteiger partial charge in [0.05, 0.1) is 17.6 Å². The van der Waals surface area contributed by atoms with E-state index < -0.39 is 48.2 Å². The highest BCUT2D eigenvalue weighted by Gasteiger charge is 2.30. The van der Waals surface area contributed by atoms with Crippen molar-refractivity contribution in [2.75, 3.05) is 26.2 Å². The molecule has 0 aliphatic rings. The molecular formula is C28H38BF4N5O4. The van der Waals surface area contributed by atoms with E-state index in [0.717, 1.165) is 18.2 Å². The lowest BCUT2D eigenvalue weighted by molar-refractivity contribution is -0.137. The molecule has 230 valence electrons. The molecule has 0 fully saturated rings. The topological polar surface area (TPSA) is 165 Å². The van der Waals surface area contributed by atoms with E-state index in [4.69, 9.17) is 17.2 Å². The van der Waals surface area contributed by atoms with Crippen molar-refractivity contribution in [1.29, 1.82) is 0 Å². The summed E-state index contributed by atoms with van der Waals surface area (Å²) in [6.07, 6.45) is -4.81. The summed E-state index contributed by atoms with van der Waals surface area (Å²) in [5.41, 5.74) is 17.1. The highest BCUT2D eigenvalue weighted by atomic mass is 19.4. The van der Waals surface area contributed by atoms with Crippen LogP contribution in [0, 0.1) is 5.82 Å². The van der Waals surface area contributed by atoms with Crippen LogP contribution in [0.25, 0.3) is 0 Å². The number of aryl methyl sites for hydroxylation is 1. The van der Waals surface area contributed by atoms with Crippen molar-refractivity contribution in [3.63, 3.8) is 0 Å². The molecule has 0 bridgehead atoms. The Balaban J connectivity index is 2.14. The quantitative estimate of drug-likeness (QED) is 0.141. The number of rotatable bonds is 16. The van der Waals surface area contributed by atoms with Gasteiger partial charge in [-0.2, -0.15) is 13.2 Å². The van der Waals surface area contributed by atoms with Crippen LogP contribution in [0.15, 0.2) is 42.5 Å². The fourth-order valence-electron chi connectivity index (χ4n) is 4.28. The highest BCUT2D eigenvalue weighted by molar-refractivity contribution is 6.64. The van der Waals surface area contributed by atoms with Gasteiger partial charge < -0.3 is 32.4 Å². The van der Waals surface area contributed by atoms with Gasteiger partial charge in [-0.3, -0.25) is 14.4 Å². The Labute approximate surface area is 242 Å². The van der Waals surface area contributed by atoms with Gasteiger partial charge in [-0.1, -0.05) is 31.1 Å². The fourth-order valence-corrected chi connectivity index (χ4v) is 4.28. The summed E-state index contributed by atoms with van der Waals surface area (Å²) in [6.45, 7) is 1.63. The maximum atomic E-state index is 14.6. The van der Waals surface area contributed by atoms with Crippen LogP contribution in [0.4, 0.5) is 17.6 Å². The maximum absolute atomic E-state index is 14.6. The van der Waals surface area contributed by atoms with Gasteiger partial charge in [0.1, 0.15) is 5.82 Å². The van der Waals surface area contributed by atoms with Crippen LogP contribution in [0.5, 0.6) is 0 Å². The van der Waals surface area contributed by atoms with Crippen LogP contribution in [-0.2, 0) is 33.4 Å². The second-order valence-electron chi connectivity index (χ2n) is 10.1. The Hall–Kier alpha value is -3.33. The maximum Gasteiger partial charge on any atom is 0.416 e. The lowest BCUT2D eigenvalue weighted by Gasteiger charge is -2.23. The number of carbonyl (C=O) groups is 3. The molecule has 0 aliphatic heterocycles. The molecule has 2 rings (SSSR count). The smallest absolute Gasteiger partial charge is 0.416 e. The van der Waals surface area contributed by atoms with Crippen LogP contribution >= 0.6 is 0 Å². The molecule has 0 aliphatic carbocycles. The minimum absolute atomic E-state index is 0.00967. The Morgan fingerprint density at radius 3 is 2.17 bits per heavy atom. The molecule has 2 amide bonds. The van der Waals surface area contributed by atoms with Crippen molar-refractivity contribution >= 4 is 30.0 Å². The first-order chi connectivity index (χ1) is 19.8. The number of amides is 2. The Kier molecular flexibility index (Phi) is 13.6. The number of hydrogen-bond donors (Lipinski definition) is 5. The van der Waals surface area contributed by atoms with Crippen molar-refractivity contribution in [2.45, 2.75) is 57.2 Å². The van der Waals surface area contributed by atoms with Gasteiger partial charge in [0.2, 0.25) is 11.8 Å². The van der Waals surface area contributed by atoms with Crippen molar-refractivity contribution < 1.29 is 37.0 Å². The summed E-state index contributed by atoms with van der Waals surface area (Å²) < 4.78 is 53.4. The zero-order valence-electron chi connectivity index (χ0n) is 23.5. The lowest BCUT2D eigenvalue weighted by Crippen LogP contribution is -2.49. The molecule has 2 aromatic carbocycles. The van der Waals surface area contributed by atoms with Gasteiger partial charge in [0.15, 0.2) is 5.78 Å². The molecule has 0 spiro atoms. The summed E-state index contributed by atoms with van der Waals surface area (Å²) >= 11 is 0. The Bertz CT molecular complexity index is 1190. The number of nitrogens with one attached hydrogen (secondary N) is 1. The highest BCUT2D eigenvalue weighted by Crippen LogP contribution is 2.29. The van der Waals surface area contributed by atoms with Gasteiger partial charge >= 0.3 is 13.1 Å². The Morgan fingerprint density at radius 2 is 1.64 bits per heavy atom. The van der Waals surface area contributed by atoms with Gasteiger partial charge in [0.25, 0.3) is 0 Å². The van der Waals surface area contributed by atoms with E-state index in [1.54, 1.807) is 0 Å². The largest absolute Gasteiger partial charge is 0.446 e. The zero-order valence-corrected chi connectivity index (χ0v) is 23.5. The molecular weight excluding hydrogens is 557 g/mol. The van der Waals surface area contributed by atoms with Crippen molar-refractivity contribution in [3.8, 4) is 0 Å². The summed E-state index contributed by atoms with van der Waals surface area (Å²) in [5.74, 6) is -2.23. The normalized spacial score (nSPS) is 12.9. The number of nitrogens with zero attached hydrogens (tertiary/aromatic N) is 1. The second kappa shape index (κ2) is 16.3. The molecule has 8 N–H and O–H groups in total. The third-order valence-corrected chi connectivity index (χ3v) is 6.79. The number of benzene rings is 2. The molecule has 0 aromatic heterocycles. The molecule has 0 heterocycles. The Morgan fingerprint density at radius 1 is 1.02 bits per heavy atom. The average Bonchev–Trinajstić information content (AvgIpc) is 2.94. The molecule has 2 atom stereocenters. The molecule has 0 radical (unpaired) electrons. The summed E-state index contributed by atoms with van der Waals surface area (Å²) in [7, 11) is 0. The number of alkyl halides is 3. The van der Waals surface area contributed by atoms with Crippen molar-refractivity contribution in [1.82, 2.24) is 10.2 Å². The first-order valence-electron chi connectivity index (χ1n) is 13.7. The number of Topliss-reactive ketones (excluding diaryl/α,β-unsaturated/α-hetero) is 1. The SMILES string of the molecule is CB(O)c1ccc(CC(=O)[C@@H](CCc2ccc(C(F)(F)F)cc2)NC(=O)[C@@H](N)CCC(=O)N(CCN)CCN)c(F)c1. The van der Waals surface area contributed by atoms with E-state index in [9.17, 15) is 37.0 Å². The fraction of sp³-hybridized carbons (Fsp3) is 0.464. The summed E-state index contributed by atoms with van der Waals surface area (Å²) in [4.78, 5) is 40.1. The molecule has 14 heteroatoms. The zero-order chi connectivity index (χ0) is 31.4. The minimum Gasteiger partial charge on any atom is -0.446 e. The third kappa shape index (κ3) is 10.8. The second-order valence-corrected chi connectivity index (χ2v) is 10.1. The van der Waals surface area contributed by atoms with E-state index in [0.29, 0.717) is 24.1 Å². The molecule has 0 unspecified atom stereocenters. The number of carbonyl (C=O) groups excluding carboxylic acids is 3. The molecule has 2 aromatic rings. The monoisotopic (exact) mass is 595 g/mol. The van der Waals surface area contributed by atoms with Gasteiger partial charge in [-0.05, 0) is 54.1 Å². The molecule has 0 saturated carbocycles. The summed E-state index contributed by atoms with van der Waals surface area (Å²) in [5, 5.41) is 12.2. The van der Waals surface area contributed by atoms with E-state index in [-0.39, 0.29) is 56.7 Å². The van der Waals surface area contributed by atoms with E-state index in [1.165, 1.54) is 36.0 Å². The van der Waals surface area contributed by atoms with Crippen LogP contribution in [0.2, 0.25) is 6.82 Å². The predicted octanol–water partition coefficient (Wildman–Crippen LogP) is 0.748. The summed E-state index contributed by atoms with van der Waals surface area (Å²) in [6, 6.07) is 6.12. The predicted molar refractivity (Wildman–Crippen MR) is 152 cm³/mol. The number of hydrogen-bond acceptors (Lipinski definition) is 7. The molecule has 0 saturated heterocycles. The van der Waals surface area contributed by atoms with E-state index in [2.05, 4.69) is 5.32 Å². The number of nitrogens with two attached hydrogens (primary N) is 3. The van der Waals surface area contributed by atoms with Crippen molar-refractivity contribution in [2.24, 2.45) is 17.2 Å². The van der Waals surface area contributed by atoms with Crippen LogP contribution in [0.3, 0.4) is 0 Å².